The van der Waals surface area contributed by atoms with Gasteiger partial charge in [0.2, 0.25) is 5.78 Å². The quantitative estimate of drug-likeness (QED) is 0.184. The minimum Gasteiger partial charge on any atom is -0.452 e. The summed E-state index contributed by atoms with van der Waals surface area (Å²) in [5, 5.41) is 11.5. The molecule has 0 unspecified atom stereocenters. The van der Waals surface area contributed by atoms with Crippen molar-refractivity contribution in [2.75, 3.05) is 0 Å². The molecule has 31 heavy (non-hydrogen) atoms. The van der Waals surface area contributed by atoms with E-state index in [1.807, 2.05) is 0 Å². The van der Waals surface area contributed by atoms with E-state index < -0.39 is 10.9 Å². The van der Waals surface area contributed by atoms with E-state index in [0.29, 0.717) is 16.1 Å². The van der Waals surface area contributed by atoms with E-state index in [1.165, 1.54) is 42.5 Å². The Balaban J connectivity index is 1.49. The zero-order valence-electron chi connectivity index (χ0n) is 15.9. The van der Waals surface area contributed by atoms with Crippen molar-refractivity contribution in [3.05, 3.63) is 104 Å². The van der Waals surface area contributed by atoms with Gasteiger partial charge >= 0.3 is 5.97 Å². The molecule has 0 fully saturated rings. The number of fused-ring (bicyclic) bond motifs is 1. The molecule has 4 rings (SSSR count). The molecule has 0 amide bonds. The highest BCUT2D eigenvalue weighted by Crippen LogP contribution is 2.35. The van der Waals surface area contributed by atoms with E-state index in [1.54, 1.807) is 30.3 Å². The van der Waals surface area contributed by atoms with Gasteiger partial charge in [0.15, 0.2) is 5.76 Å². The average molecular weight is 436 g/mol. The first-order valence-corrected chi connectivity index (χ1v) is 9.55. The highest BCUT2D eigenvalue weighted by molar-refractivity contribution is 6.30. The van der Waals surface area contributed by atoms with Crippen LogP contribution in [0.3, 0.4) is 0 Å². The minimum absolute atomic E-state index is 0.0279. The minimum atomic E-state index is -0.515. The van der Waals surface area contributed by atoms with Crippen molar-refractivity contribution in [2.24, 2.45) is 0 Å². The third kappa shape index (κ3) is 4.62. The molecule has 0 saturated heterocycles. The zero-order valence-corrected chi connectivity index (χ0v) is 16.7. The van der Waals surface area contributed by atoms with Crippen molar-refractivity contribution in [3.63, 3.8) is 0 Å². The standard InChI is InChI=1S/C23H14ClNO6/c24-16-6-4-14(5-7-16)12-22(26)30-18-8-9-19-20(13-18)31-21(23(19)27)11-15-2-1-3-17(10-15)25(28)29/h1-11,13H,12H2/b21-11-. The lowest BCUT2D eigenvalue weighted by Crippen LogP contribution is -2.11. The summed E-state index contributed by atoms with van der Waals surface area (Å²) in [4.78, 5) is 35.2. The fourth-order valence-corrected chi connectivity index (χ4v) is 3.17. The largest absolute Gasteiger partial charge is 0.452 e. The number of nitro benzene ring substituents is 1. The molecule has 0 saturated carbocycles. The molecule has 1 aliphatic heterocycles. The molecule has 0 aromatic heterocycles. The molecular formula is C23H14ClNO6. The van der Waals surface area contributed by atoms with Crippen LogP contribution in [0.25, 0.3) is 6.08 Å². The van der Waals surface area contributed by atoms with Crippen molar-refractivity contribution < 1.29 is 24.0 Å². The molecular weight excluding hydrogens is 422 g/mol. The molecule has 0 radical (unpaired) electrons. The maximum Gasteiger partial charge on any atom is 0.315 e. The Bertz CT molecular complexity index is 1230. The van der Waals surface area contributed by atoms with E-state index in [4.69, 9.17) is 21.1 Å². The molecule has 0 bridgehead atoms. The van der Waals surface area contributed by atoms with Gasteiger partial charge in [-0.05, 0) is 41.5 Å². The number of nitro groups is 1. The Morgan fingerprint density at radius 3 is 2.61 bits per heavy atom. The molecule has 7 nitrogen and oxygen atoms in total. The summed E-state index contributed by atoms with van der Waals surface area (Å²) in [6, 6.07) is 17.2. The number of nitrogens with zero attached hydrogens (tertiary/aromatic N) is 1. The summed E-state index contributed by atoms with van der Waals surface area (Å²) in [7, 11) is 0. The lowest BCUT2D eigenvalue weighted by Gasteiger charge is -2.06. The Morgan fingerprint density at radius 1 is 1.10 bits per heavy atom. The maximum atomic E-state index is 12.6. The SMILES string of the molecule is O=C(Cc1ccc(Cl)cc1)Oc1ccc2c(c1)O/C(=C\c1cccc([N+](=O)[O-])c1)C2=O. The van der Waals surface area contributed by atoms with E-state index >= 15 is 0 Å². The maximum absolute atomic E-state index is 12.6. The highest BCUT2D eigenvalue weighted by Gasteiger charge is 2.28. The molecule has 1 heterocycles. The van der Waals surface area contributed by atoms with Gasteiger partial charge in [-0.1, -0.05) is 35.9 Å². The van der Waals surface area contributed by atoms with Crippen molar-refractivity contribution in [1.82, 2.24) is 0 Å². The number of non-ortho nitro benzene ring substituents is 1. The smallest absolute Gasteiger partial charge is 0.315 e. The number of carbonyl (C=O) groups excluding carboxylic acids is 2. The summed E-state index contributed by atoms with van der Waals surface area (Å²) < 4.78 is 11.0. The van der Waals surface area contributed by atoms with E-state index in [0.717, 1.165) is 5.56 Å². The number of benzene rings is 3. The lowest BCUT2D eigenvalue weighted by atomic mass is 10.1. The van der Waals surface area contributed by atoms with Gasteiger partial charge < -0.3 is 9.47 Å². The molecule has 0 spiro atoms. The van der Waals surface area contributed by atoms with Crippen LogP contribution >= 0.6 is 11.6 Å². The first kappa shape index (κ1) is 20.3. The van der Waals surface area contributed by atoms with Gasteiger partial charge in [0.25, 0.3) is 5.69 Å². The second-order valence-electron chi connectivity index (χ2n) is 6.73. The molecule has 3 aromatic carbocycles. The second-order valence-corrected chi connectivity index (χ2v) is 7.16. The van der Waals surface area contributed by atoms with E-state index in [2.05, 4.69) is 0 Å². The first-order chi connectivity index (χ1) is 14.9. The van der Waals surface area contributed by atoms with Crippen LogP contribution in [0.2, 0.25) is 5.02 Å². The molecule has 8 heteroatoms. The number of ether oxygens (including phenoxy) is 2. The van der Waals surface area contributed by atoms with Crippen LogP contribution in [0.4, 0.5) is 5.69 Å². The number of hydrogen-bond acceptors (Lipinski definition) is 6. The lowest BCUT2D eigenvalue weighted by molar-refractivity contribution is -0.384. The molecule has 3 aromatic rings. The van der Waals surface area contributed by atoms with Crippen LogP contribution in [-0.2, 0) is 11.2 Å². The topological polar surface area (TPSA) is 95.7 Å². The predicted molar refractivity (Wildman–Crippen MR) is 113 cm³/mol. The third-order valence-electron chi connectivity index (χ3n) is 4.51. The molecule has 1 aliphatic rings. The Labute approximate surface area is 181 Å². The van der Waals surface area contributed by atoms with Gasteiger partial charge in [0.1, 0.15) is 11.5 Å². The number of Topliss-reactive ketones (excluding diaryl/α,β-unsaturated/α-hetero) is 1. The fourth-order valence-electron chi connectivity index (χ4n) is 3.05. The van der Waals surface area contributed by atoms with Crippen molar-refractivity contribution in [1.29, 1.82) is 0 Å². The van der Waals surface area contributed by atoms with E-state index in [9.17, 15) is 19.7 Å². The number of carbonyl (C=O) groups is 2. The van der Waals surface area contributed by atoms with Gasteiger partial charge in [-0.2, -0.15) is 0 Å². The van der Waals surface area contributed by atoms with Gasteiger partial charge in [0.05, 0.1) is 16.9 Å². The van der Waals surface area contributed by atoms with Crippen molar-refractivity contribution in [3.8, 4) is 11.5 Å². The van der Waals surface area contributed by atoms with Crippen LogP contribution in [0.1, 0.15) is 21.5 Å². The third-order valence-corrected chi connectivity index (χ3v) is 4.77. The molecule has 0 aliphatic carbocycles. The van der Waals surface area contributed by atoms with Gasteiger partial charge in [-0.15, -0.1) is 0 Å². The van der Waals surface area contributed by atoms with Gasteiger partial charge in [-0.25, -0.2) is 0 Å². The number of ketones is 1. The van der Waals surface area contributed by atoms with Crippen LogP contribution < -0.4 is 9.47 Å². The number of allylic oxidation sites excluding steroid dienone is 1. The van der Waals surface area contributed by atoms with Crippen LogP contribution in [0, 0.1) is 10.1 Å². The van der Waals surface area contributed by atoms with Crippen LogP contribution in [0.15, 0.2) is 72.5 Å². The second kappa shape index (κ2) is 8.41. The highest BCUT2D eigenvalue weighted by atomic mass is 35.5. The predicted octanol–water partition coefficient (Wildman–Crippen LogP) is 5.01. The Morgan fingerprint density at radius 2 is 1.87 bits per heavy atom. The summed E-state index contributed by atoms with van der Waals surface area (Å²) in [6.45, 7) is 0. The number of halogens is 1. The summed E-state index contributed by atoms with van der Waals surface area (Å²) in [5.74, 6) is -0.319. The Kier molecular flexibility index (Phi) is 5.51. The van der Waals surface area contributed by atoms with Gasteiger partial charge in [0, 0.05) is 23.2 Å². The van der Waals surface area contributed by atoms with Crippen molar-refractivity contribution >= 4 is 35.1 Å². The van der Waals surface area contributed by atoms with Crippen molar-refractivity contribution in [2.45, 2.75) is 6.42 Å². The monoisotopic (exact) mass is 435 g/mol. The number of rotatable bonds is 5. The fraction of sp³-hybridized carbons (Fsp3) is 0.0435. The summed E-state index contributed by atoms with van der Waals surface area (Å²) in [5.41, 5.74) is 1.44. The summed E-state index contributed by atoms with van der Waals surface area (Å²) >= 11 is 5.84. The number of esters is 1. The molecule has 0 atom stereocenters. The molecule has 0 N–H and O–H groups in total. The normalized spacial score (nSPS) is 13.6. The average Bonchev–Trinajstić information content (AvgIpc) is 3.04. The van der Waals surface area contributed by atoms with Crippen LogP contribution in [0.5, 0.6) is 11.5 Å². The molecule has 154 valence electrons. The first-order valence-electron chi connectivity index (χ1n) is 9.17. The van der Waals surface area contributed by atoms with Gasteiger partial charge in [-0.3, -0.25) is 19.7 Å². The number of hydrogen-bond donors (Lipinski definition) is 0. The zero-order chi connectivity index (χ0) is 22.0. The van der Waals surface area contributed by atoms with E-state index in [-0.39, 0.29) is 35.1 Å². The van der Waals surface area contributed by atoms with Crippen LogP contribution in [-0.4, -0.2) is 16.7 Å². The Hall–Kier alpha value is -3.97. The summed E-state index contributed by atoms with van der Waals surface area (Å²) in [6.07, 6.45) is 1.49.